The first-order chi connectivity index (χ1) is 22.2. The summed E-state index contributed by atoms with van der Waals surface area (Å²) in [6.45, 7) is 5.93. The smallest absolute Gasteiger partial charge is 0.272 e. The van der Waals surface area contributed by atoms with Gasteiger partial charge in [0, 0.05) is 21.8 Å². The number of hydrogen-bond donors (Lipinski definition) is 3. The first-order valence-corrected chi connectivity index (χ1v) is 15.8. The molecule has 230 valence electrons. The molecule has 0 aliphatic rings. The second-order valence-electron chi connectivity index (χ2n) is 11.0. The molecule has 6 nitrogen and oxygen atoms in total. The lowest BCUT2D eigenvalue weighted by Crippen LogP contribution is -2.30. The molecule has 0 saturated heterocycles. The van der Waals surface area contributed by atoms with E-state index in [1.807, 2.05) is 118 Å². The molecule has 0 heterocycles. The molecular formula is C39H35N3O3S. The highest BCUT2D eigenvalue weighted by molar-refractivity contribution is 8.00. The Morgan fingerprint density at radius 1 is 0.674 bits per heavy atom. The number of carbonyl (C=O) groups excluding carboxylic acids is 3. The van der Waals surface area contributed by atoms with Crippen molar-refractivity contribution in [2.45, 2.75) is 30.9 Å². The van der Waals surface area contributed by atoms with Gasteiger partial charge >= 0.3 is 0 Å². The number of rotatable bonds is 10. The number of nitrogens with one attached hydrogen (secondary N) is 3. The molecule has 3 N–H and O–H groups in total. The van der Waals surface area contributed by atoms with Gasteiger partial charge in [0.05, 0.1) is 0 Å². The Kier molecular flexibility index (Phi) is 10.5. The van der Waals surface area contributed by atoms with E-state index < -0.39 is 11.2 Å². The molecule has 46 heavy (non-hydrogen) atoms. The van der Waals surface area contributed by atoms with Crippen molar-refractivity contribution in [2.24, 2.45) is 0 Å². The molecule has 5 rings (SSSR count). The third-order valence-electron chi connectivity index (χ3n) is 7.22. The molecule has 0 spiro atoms. The minimum Gasteiger partial charge on any atom is -0.325 e. The quantitative estimate of drug-likeness (QED) is 0.107. The highest BCUT2D eigenvalue weighted by Crippen LogP contribution is 2.37. The molecule has 0 aliphatic carbocycles. The average Bonchev–Trinajstić information content (AvgIpc) is 3.06. The van der Waals surface area contributed by atoms with Crippen LogP contribution in [0.25, 0.3) is 6.08 Å². The second-order valence-corrected chi connectivity index (χ2v) is 12.2. The summed E-state index contributed by atoms with van der Waals surface area (Å²) in [4.78, 5) is 41.2. The molecule has 0 aromatic heterocycles. The van der Waals surface area contributed by atoms with E-state index in [0.29, 0.717) is 11.3 Å². The minimum atomic E-state index is -0.547. The van der Waals surface area contributed by atoms with E-state index in [4.69, 9.17) is 0 Å². The van der Waals surface area contributed by atoms with Crippen LogP contribution in [0.1, 0.15) is 43.4 Å². The molecule has 5 aromatic rings. The van der Waals surface area contributed by atoms with Gasteiger partial charge < -0.3 is 16.0 Å². The Labute approximate surface area is 274 Å². The van der Waals surface area contributed by atoms with Crippen molar-refractivity contribution in [3.05, 3.63) is 166 Å². The maximum atomic E-state index is 13.7. The summed E-state index contributed by atoms with van der Waals surface area (Å²) >= 11 is 1.39. The molecule has 3 amide bonds. The van der Waals surface area contributed by atoms with Gasteiger partial charge in [0.25, 0.3) is 11.8 Å². The maximum absolute atomic E-state index is 13.7. The zero-order chi connectivity index (χ0) is 32.5. The molecule has 0 bridgehead atoms. The van der Waals surface area contributed by atoms with E-state index >= 15 is 0 Å². The summed E-state index contributed by atoms with van der Waals surface area (Å²) in [7, 11) is 0. The summed E-state index contributed by atoms with van der Waals surface area (Å²) in [6.07, 6.45) is 1.66. The van der Waals surface area contributed by atoms with Crippen LogP contribution < -0.4 is 16.0 Å². The Bertz CT molecular complexity index is 1890. The molecule has 0 saturated carbocycles. The fourth-order valence-electron chi connectivity index (χ4n) is 4.82. The van der Waals surface area contributed by atoms with Gasteiger partial charge in [0.15, 0.2) is 0 Å². The Morgan fingerprint density at radius 3 is 2.11 bits per heavy atom. The number of amides is 3. The molecule has 0 aliphatic heterocycles. The first-order valence-electron chi connectivity index (χ1n) is 14.9. The van der Waals surface area contributed by atoms with Crippen molar-refractivity contribution >= 4 is 46.9 Å². The predicted octanol–water partition coefficient (Wildman–Crippen LogP) is 8.49. The number of benzene rings is 5. The monoisotopic (exact) mass is 625 g/mol. The highest BCUT2D eigenvalue weighted by Gasteiger charge is 2.23. The fourth-order valence-corrected chi connectivity index (χ4v) is 5.90. The Hall–Kier alpha value is -5.40. The first kappa shape index (κ1) is 32.0. The van der Waals surface area contributed by atoms with Crippen molar-refractivity contribution < 1.29 is 14.4 Å². The van der Waals surface area contributed by atoms with Gasteiger partial charge in [-0.1, -0.05) is 96.6 Å². The number of thioether (sulfide) groups is 1. The summed E-state index contributed by atoms with van der Waals surface area (Å²) < 4.78 is 0. The zero-order valence-electron chi connectivity index (χ0n) is 25.9. The van der Waals surface area contributed by atoms with Crippen LogP contribution in [0, 0.1) is 20.8 Å². The summed E-state index contributed by atoms with van der Waals surface area (Å²) in [6, 6.07) is 39.4. The number of hydrogen-bond acceptors (Lipinski definition) is 4. The van der Waals surface area contributed by atoms with Crippen LogP contribution >= 0.6 is 11.8 Å². The second kappa shape index (κ2) is 15.1. The number of anilines is 2. The normalized spacial score (nSPS) is 11.8. The molecule has 0 fully saturated rings. The van der Waals surface area contributed by atoms with Crippen LogP contribution in [0.2, 0.25) is 0 Å². The SMILES string of the molecule is Cc1cccc(/C=C(/NC(=O)c2ccccc2)C(=O)Nc2cccc(SC(C(=O)Nc3cc(C)ccc3C)c3ccccc3)c2)c1. The van der Waals surface area contributed by atoms with Gasteiger partial charge in [-0.2, -0.15) is 0 Å². The van der Waals surface area contributed by atoms with E-state index in [9.17, 15) is 14.4 Å². The van der Waals surface area contributed by atoms with E-state index in [2.05, 4.69) is 16.0 Å². The summed E-state index contributed by atoms with van der Waals surface area (Å²) in [5, 5.41) is 8.29. The van der Waals surface area contributed by atoms with Crippen LogP contribution in [0.15, 0.2) is 138 Å². The Balaban J connectivity index is 1.38. The van der Waals surface area contributed by atoms with Gasteiger partial charge in [0.1, 0.15) is 10.9 Å². The largest absolute Gasteiger partial charge is 0.325 e. The standard InChI is InChI=1S/C39H35N3O3S/c1-26-12-10-13-29(22-26)24-35(42-37(43)31-16-8-5-9-17-31)38(44)40-32-18-11-19-33(25-32)46-36(30-14-6-4-7-15-30)39(45)41-34-23-27(2)20-21-28(34)3/h4-25,36H,1-3H3,(H,40,44)(H,41,45)(H,42,43)/b35-24+. The topological polar surface area (TPSA) is 87.3 Å². The zero-order valence-corrected chi connectivity index (χ0v) is 26.7. The van der Waals surface area contributed by atoms with E-state index in [0.717, 1.165) is 38.4 Å². The van der Waals surface area contributed by atoms with Crippen LogP contribution in [-0.2, 0) is 9.59 Å². The van der Waals surface area contributed by atoms with E-state index in [-0.39, 0.29) is 17.5 Å². The van der Waals surface area contributed by atoms with Crippen molar-refractivity contribution in [1.82, 2.24) is 5.32 Å². The predicted molar refractivity (Wildman–Crippen MR) is 188 cm³/mol. The maximum Gasteiger partial charge on any atom is 0.272 e. The van der Waals surface area contributed by atoms with Gasteiger partial charge in [-0.25, -0.2) is 0 Å². The highest BCUT2D eigenvalue weighted by atomic mass is 32.2. The van der Waals surface area contributed by atoms with Crippen LogP contribution in [0.4, 0.5) is 11.4 Å². The fraction of sp³-hybridized carbons (Fsp3) is 0.103. The Morgan fingerprint density at radius 2 is 1.37 bits per heavy atom. The number of aryl methyl sites for hydroxylation is 3. The summed E-state index contributed by atoms with van der Waals surface area (Å²) in [5.41, 5.74) is 6.56. The number of carbonyl (C=O) groups is 3. The van der Waals surface area contributed by atoms with Gasteiger partial charge in [-0.05, 0) is 85.5 Å². The van der Waals surface area contributed by atoms with E-state index in [1.165, 1.54) is 11.8 Å². The van der Waals surface area contributed by atoms with Gasteiger partial charge in [-0.3, -0.25) is 14.4 Å². The van der Waals surface area contributed by atoms with Crippen LogP contribution in [0.3, 0.4) is 0 Å². The third kappa shape index (κ3) is 8.61. The van der Waals surface area contributed by atoms with Gasteiger partial charge in [-0.15, -0.1) is 11.8 Å². The average molecular weight is 626 g/mol. The molecule has 0 radical (unpaired) electrons. The van der Waals surface area contributed by atoms with Gasteiger partial charge in [0.2, 0.25) is 5.91 Å². The molecule has 7 heteroatoms. The van der Waals surface area contributed by atoms with Crippen molar-refractivity contribution in [3.63, 3.8) is 0 Å². The minimum absolute atomic E-state index is 0.104. The lowest BCUT2D eigenvalue weighted by molar-refractivity contribution is -0.116. The van der Waals surface area contributed by atoms with Crippen molar-refractivity contribution in [2.75, 3.05) is 10.6 Å². The lowest BCUT2D eigenvalue weighted by atomic mass is 10.1. The summed E-state index contributed by atoms with van der Waals surface area (Å²) in [5.74, 6) is -1.01. The van der Waals surface area contributed by atoms with E-state index in [1.54, 1.807) is 36.4 Å². The molecule has 1 atom stereocenters. The molecular weight excluding hydrogens is 591 g/mol. The third-order valence-corrected chi connectivity index (χ3v) is 8.47. The lowest BCUT2D eigenvalue weighted by Gasteiger charge is -2.19. The van der Waals surface area contributed by atoms with Crippen LogP contribution in [-0.4, -0.2) is 17.7 Å². The van der Waals surface area contributed by atoms with Crippen molar-refractivity contribution in [1.29, 1.82) is 0 Å². The molecule has 1 unspecified atom stereocenters. The molecule has 5 aromatic carbocycles. The van der Waals surface area contributed by atoms with Crippen molar-refractivity contribution in [3.8, 4) is 0 Å². The van der Waals surface area contributed by atoms with Crippen LogP contribution in [0.5, 0.6) is 0 Å².